The quantitative estimate of drug-likeness (QED) is 0.543. The van der Waals surface area contributed by atoms with Crippen LogP contribution in [0.2, 0.25) is 0 Å². The van der Waals surface area contributed by atoms with Crippen molar-refractivity contribution in [1.82, 2.24) is 9.97 Å². The van der Waals surface area contributed by atoms with Crippen LogP contribution in [0, 0.1) is 0 Å². The standard InChI is InChI=1S/C16H9BrN2OS/c17-9-5-6-12-10(7-9)15(20)11(8-18-12)16-19-13-3-1-2-4-14(13)21-16/h1-8H,(H,18,20). The lowest BCUT2D eigenvalue weighted by Gasteiger charge is -2.01. The molecule has 0 unspecified atom stereocenters. The third kappa shape index (κ3) is 2.09. The fourth-order valence-electron chi connectivity index (χ4n) is 2.34. The molecule has 0 saturated heterocycles. The lowest BCUT2D eigenvalue weighted by Crippen LogP contribution is -2.06. The van der Waals surface area contributed by atoms with Crippen LogP contribution in [-0.4, -0.2) is 9.97 Å². The van der Waals surface area contributed by atoms with Crippen LogP contribution < -0.4 is 5.43 Å². The molecule has 3 nitrogen and oxygen atoms in total. The van der Waals surface area contributed by atoms with Gasteiger partial charge in [0.1, 0.15) is 5.01 Å². The van der Waals surface area contributed by atoms with E-state index < -0.39 is 0 Å². The summed E-state index contributed by atoms with van der Waals surface area (Å²) >= 11 is 4.94. The second-order valence-electron chi connectivity index (χ2n) is 4.71. The van der Waals surface area contributed by atoms with Gasteiger partial charge in [0.15, 0.2) is 5.43 Å². The van der Waals surface area contributed by atoms with Crippen LogP contribution in [0.1, 0.15) is 0 Å². The number of hydrogen-bond acceptors (Lipinski definition) is 3. The summed E-state index contributed by atoms with van der Waals surface area (Å²) in [5, 5.41) is 1.42. The van der Waals surface area contributed by atoms with Crippen LogP contribution in [0.5, 0.6) is 0 Å². The first-order chi connectivity index (χ1) is 10.2. The average Bonchev–Trinajstić information content (AvgIpc) is 2.92. The molecule has 0 bridgehead atoms. The van der Waals surface area contributed by atoms with Crippen LogP contribution in [0.15, 0.2) is 57.9 Å². The second kappa shape index (κ2) is 4.79. The molecule has 102 valence electrons. The Bertz CT molecular complexity index is 1000. The van der Waals surface area contributed by atoms with E-state index in [0.717, 1.165) is 25.2 Å². The average molecular weight is 357 g/mol. The minimum Gasteiger partial charge on any atom is -0.360 e. The first-order valence-corrected chi connectivity index (χ1v) is 8.00. The Kier molecular flexibility index (Phi) is 2.90. The highest BCUT2D eigenvalue weighted by atomic mass is 79.9. The number of aromatic nitrogens is 2. The molecule has 0 aliphatic carbocycles. The summed E-state index contributed by atoms with van der Waals surface area (Å²) in [4.78, 5) is 20.4. The van der Waals surface area contributed by atoms with E-state index in [4.69, 9.17) is 0 Å². The number of nitrogens with zero attached hydrogens (tertiary/aromatic N) is 1. The van der Waals surface area contributed by atoms with Crippen molar-refractivity contribution in [1.29, 1.82) is 0 Å². The monoisotopic (exact) mass is 356 g/mol. The van der Waals surface area contributed by atoms with Gasteiger partial charge in [0.05, 0.1) is 15.8 Å². The summed E-state index contributed by atoms with van der Waals surface area (Å²) < 4.78 is 1.98. The van der Waals surface area contributed by atoms with E-state index in [1.54, 1.807) is 6.20 Å². The highest BCUT2D eigenvalue weighted by Gasteiger charge is 2.12. The summed E-state index contributed by atoms with van der Waals surface area (Å²) in [6.07, 6.45) is 1.75. The number of para-hydroxylation sites is 1. The number of benzene rings is 2. The maximum absolute atomic E-state index is 12.7. The van der Waals surface area contributed by atoms with Crippen molar-refractivity contribution < 1.29 is 0 Å². The number of rotatable bonds is 1. The van der Waals surface area contributed by atoms with Crippen LogP contribution >= 0.6 is 27.3 Å². The third-order valence-corrected chi connectivity index (χ3v) is 4.93. The van der Waals surface area contributed by atoms with Gasteiger partial charge in [0.2, 0.25) is 0 Å². The van der Waals surface area contributed by atoms with E-state index in [2.05, 4.69) is 25.9 Å². The summed E-state index contributed by atoms with van der Waals surface area (Å²) in [5.74, 6) is 0. The SMILES string of the molecule is O=c1c(-c2nc3ccccc3s2)c[nH]c2ccc(Br)cc12. The van der Waals surface area contributed by atoms with Gasteiger partial charge in [-0.25, -0.2) is 4.98 Å². The molecule has 0 aliphatic rings. The van der Waals surface area contributed by atoms with Gasteiger partial charge in [0.25, 0.3) is 0 Å². The van der Waals surface area contributed by atoms with Gasteiger partial charge in [-0.2, -0.15) is 0 Å². The zero-order valence-electron chi connectivity index (χ0n) is 10.8. The topological polar surface area (TPSA) is 45.8 Å². The van der Waals surface area contributed by atoms with Gasteiger partial charge in [-0.05, 0) is 30.3 Å². The molecule has 5 heteroatoms. The predicted octanol–water partition coefficient (Wildman–Crippen LogP) is 4.57. The molecule has 0 spiro atoms. The van der Waals surface area contributed by atoms with Crippen molar-refractivity contribution in [2.75, 3.05) is 0 Å². The van der Waals surface area contributed by atoms with Gasteiger partial charge < -0.3 is 4.98 Å². The molecule has 4 aromatic rings. The van der Waals surface area contributed by atoms with Crippen molar-refractivity contribution in [2.24, 2.45) is 0 Å². The highest BCUT2D eigenvalue weighted by Crippen LogP contribution is 2.28. The van der Waals surface area contributed by atoms with E-state index in [0.29, 0.717) is 10.9 Å². The van der Waals surface area contributed by atoms with E-state index >= 15 is 0 Å². The molecule has 0 radical (unpaired) electrons. The van der Waals surface area contributed by atoms with E-state index in [1.165, 1.54) is 11.3 Å². The molecule has 0 amide bonds. The molecule has 1 N–H and O–H groups in total. The molecule has 21 heavy (non-hydrogen) atoms. The predicted molar refractivity (Wildman–Crippen MR) is 90.9 cm³/mol. The lowest BCUT2D eigenvalue weighted by molar-refractivity contribution is 1.36. The molecular formula is C16H9BrN2OS. The van der Waals surface area contributed by atoms with Gasteiger partial charge in [-0.15, -0.1) is 11.3 Å². The van der Waals surface area contributed by atoms with Gasteiger partial charge in [-0.3, -0.25) is 4.79 Å². The Morgan fingerprint density at radius 1 is 1.14 bits per heavy atom. The molecule has 2 heterocycles. The Hall–Kier alpha value is -1.98. The second-order valence-corrected chi connectivity index (χ2v) is 6.65. The van der Waals surface area contributed by atoms with E-state index in [1.807, 2.05) is 42.5 Å². The highest BCUT2D eigenvalue weighted by molar-refractivity contribution is 9.10. The molecule has 2 aromatic carbocycles. The first-order valence-electron chi connectivity index (χ1n) is 6.39. The van der Waals surface area contributed by atoms with Crippen molar-refractivity contribution in [3.05, 3.63) is 63.4 Å². The molecule has 4 rings (SSSR count). The Balaban J connectivity index is 2.01. The summed E-state index contributed by atoms with van der Waals surface area (Å²) in [6, 6.07) is 13.5. The van der Waals surface area contributed by atoms with Crippen molar-refractivity contribution in [3.63, 3.8) is 0 Å². The van der Waals surface area contributed by atoms with Crippen molar-refractivity contribution in [3.8, 4) is 10.6 Å². The minimum absolute atomic E-state index is 0.00380. The Morgan fingerprint density at radius 3 is 2.86 bits per heavy atom. The molecular weight excluding hydrogens is 348 g/mol. The maximum Gasteiger partial charge on any atom is 0.199 e. The lowest BCUT2D eigenvalue weighted by atomic mass is 10.1. The Morgan fingerprint density at radius 2 is 2.00 bits per heavy atom. The molecule has 2 aromatic heterocycles. The number of aromatic amines is 1. The largest absolute Gasteiger partial charge is 0.360 e. The normalized spacial score (nSPS) is 11.3. The number of H-pyrrole nitrogens is 1. The van der Waals surface area contributed by atoms with Crippen molar-refractivity contribution in [2.45, 2.75) is 0 Å². The fourth-order valence-corrected chi connectivity index (χ4v) is 3.68. The number of nitrogens with one attached hydrogen (secondary N) is 1. The summed E-state index contributed by atoms with van der Waals surface area (Å²) in [6.45, 7) is 0. The summed E-state index contributed by atoms with van der Waals surface area (Å²) in [5.41, 5.74) is 2.37. The number of hydrogen-bond donors (Lipinski definition) is 1. The van der Waals surface area contributed by atoms with Gasteiger partial charge >= 0.3 is 0 Å². The van der Waals surface area contributed by atoms with Crippen LogP contribution in [0.3, 0.4) is 0 Å². The summed E-state index contributed by atoms with van der Waals surface area (Å²) in [7, 11) is 0. The molecule has 0 fully saturated rings. The number of thiazole rings is 1. The number of halogens is 1. The van der Waals surface area contributed by atoms with E-state index in [9.17, 15) is 4.79 Å². The maximum atomic E-state index is 12.7. The van der Waals surface area contributed by atoms with Crippen LogP contribution in [-0.2, 0) is 0 Å². The third-order valence-electron chi connectivity index (χ3n) is 3.37. The van der Waals surface area contributed by atoms with Crippen LogP contribution in [0.25, 0.3) is 31.7 Å². The van der Waals surface area contributed by atoms with Gasteiger partial charge in [-0.1, -0.05) is 28.1 Å². The van der Waals surface area contributed by atoms with Crippen molar-refractivity contribution >= 4 is 48.4 Å². The minimum atomic E-state index is 0.00380. The van der Waals surface area contributed by atoms with Crippen LogP contribution in [0.4, 0.5) is 0 Å². The van der Waals surface area contributed by atoms with E-state index in [-0.39, 0.29) is 5.43 Å². The zero-order valence-corrected chi connectivity index (χ0v) is 13.2. The molecule has 0 aliphatic heterocycles. The smallest absolute Gasteiger partial charge is 0.199 e. The van der Waals surface area contributed by atoms with Gasteiger partial charge in [0, 0.05) is 21.6 Å². The number of pyridine rings is 1. The fraction of sp³-hybridized carbons (Fsp3) is 0. The zero-order chi connectivity index (χ0) is 14.4. The molecule has 0 saturated carbocycles. The Labute approximate surface area is 132 Å². The first kappa shape index (κ1) is 12.7. The molecule has 0 atom stereocenters. The number of fused-ring (bicyclic) bond motifs is 2.